The third kappa shape index (κ3) is 1.96. The fourth-order valence-electron chi connectivity index (χ4n) is 1.47. The first kappa shape index (κ1) is 10.8. The van der Waals surface area contributed by atoms with E-state index < -0.39 is 0 Å². The van der Waals surface area contributed by atoms with Crippen molar-refractivity contribution in [3.05, 3.63) is 30.4 Å². The number of aromatic nitrogens is 4. The summed E-state index contributed by atoms with van der Waals surface area (Å²) in [5, 5.41) is 0. The quantitative estimate of drug-likeness (QED) is 0.733. The van der Waals surface area contributed by atoms with Crippen LogP contribution in [0.5, 0.6) is 0 Å². The van der Waals surface area contributed by atoms with Crippen LogP contribution in [0.15, 0.2) is 24.7 Å². The minimum absolute atomic E-state index is 0.0306. The molecule has 2 aromatic rings. The molecule has 0 saturated carbocycles. The lowest BCUT2D eigenvalue weighted by atomic mass is 9.92. The van der Waals surface area contributed by atoms with Crippen LogP contribution < -0.4 is 0 Å². The maximum Gasteiger partial charge on any atom is 0.196 e. The molecule has 0 N–H and O–H groups in total. The molecule has 0 saturated heterocycles. The van der Waals surface area contributed by atoms with Crippen LogP contribution in [0.1, 0.15) is 26.5 Å². The standard InChI is InChI=1S/C12H16N4/c1-12(2,3)9-5-6-13-10(15-9)11-14-7-8-16(11)4/h5-8H,1-4H3. The molecule has 16 heavy (non-hydrogen) atoms. The Morgan fingerprint density at radius 2 is 1.88 bits per heavy atom. The Labute approximate surface area is 95.4 Å². The van der Waals surface area contributed by atoms with Gasteiger partial charge in [0.25, 0.3) is 0 Å². The van der Waals surface area contributed by atoms with Crippen molar-refractivity contribution in [2.24, 2.45) is 7.05 Å². The van der Waals surface area contributed by atoms with Crippen LogP contribution in [-0.4, -0.2) is 19.5 Å². The molecule has 0 amide bonds. The van der Waals surface area contributed by atoms with Gasteiger partial charge in [-0.3, -0.25) is 0 Å². The van der Waals surface area contributed by atoms with Crippen LogP contribution in [0.4, 0.5) is 0 Å². The van der Waals surface area contributed by atoms with E-state index in [1.807, 2.05) is 23.9 Å². The van der Waals surface area contributed by atoms with E-state index in [1.165, 1.54) is 0 Å². The molecule has 0 bridgehead atoms. The third-order valence-electron chi connectivity index (χ3n) is 2.45. The van der Waals surface area contributed by atoms with Gasteiger partial charge in [-0.2, -0.15) is 0 Å². The number of nitrogens with zero attached hydrogens (tertiary/aromatic N) is 4. The average Bonchev–Trinajstić information content (AvgIpc) is 2.63. The fourth-order valence-corrected chi connectivity index (χ4v) is 1.47. The normalized spacial score (nSPS) is 11.8. The van der Waals surface area contributed by atoms with Gasteiger partial charge in [0.2, 0.25) is 0 Å². The average molecular weight is 216 g/mol. The Morgan fingerprint density at radius 1 is 1.12 bits per heavy atom. The van der Waals surface area contributed by atoms with Crippen molar-refractivity contribution < 1.29 is 0 Å². The Balaban J connectivity index is 2.49. The first-order valence-corrected chi connectivity index (χ1v) is 5.30. The lowest BCUT2D eigenvalue weighted by Crippen LogP contribution is -2.14. The zero-order valence-electron chi connectivity index (χ0n) is 10.1. The summed E-state index contributed by atoms with van der Waals surface area (Å²) >= 11 is 0. The van der Waals surface area contributed by atoms with Gasteiger partial charge < -0.3 is 4.57 Å². The summed E-state index contributed by atoms with van der Waals surface area (Å²) in [7, 11) is 1.94. The molecular formula is C12H16N4. The molecule has 2 aromatic heterocycles. The Hall–Kier alpha value is -1.71. The summed E-state index contributed by atoms with van der Waals surface area (Å²) in [4.78, 5) is 13.1. The predicted molar refractivity (Wildman–Crippen MR) is 62.9 cm³/mol. The molecule has 0 spiro atoms. The van der Waals surface area contributed by atoms with Crippen LogP contribution in [0.25, 0.3) is 11.6 Å². The van der Waals surface area contributed by atoms with Gasteiger partial charge in [0.1, 0.15) is 0 Å². The second kappa shape index (κ2) is 3.70. The largest absolute Gasteiger partial charge is 0.331 e. The molecule has 4 nitrogen and oxygen atoms in total. The summed E-state index contributed by atoms with van der Waals surface area (Å²) in [6.45, 7) is 6.41. The van der Waals surface area contributed by atoms with Crippen molar-refractivity contribution in [1.29, 1.82) is 0 Å². The monoisotopic (exact) mass is 216 g/mol. The molecule has 0 unspecified atom stereocenters. The summed E-state index contributed by atoms with van der Waals surface area (Å²) < 4.78 is 1.92. The second-order valence-corrected chi connectivity index (χ2v) is 4.88. The van der Waals surface area contributed by atoms with Crippen molar-refractivity contribution in [2.45, 2.75) is 26.2 Å². The van der Waals surface area contributed by atoms with Gasteiger partial charge in [-0.05, 0) is 6.07 Å². The van der Waals surface area contributed by atoms with Gasteiger partial charge in [0, 0.05) is 36.7 Å². The Bertz CT molecular complexity index is 494. The number of rotatable bonds is 1. The van der Waals surface area contributed by atoms with Crippen molar-refractivity contribution in [1.82, 2.24) is 19.5 Å². The molecule has 0 atom stereocenters. The van der Waals surface area contributed by atoms with Crippen LogP contribution in [0, 0.1) is 0 Å². The lowest BCUT2D eigenvalue weighted by Gasteiger charge is -2.17. The highest BCUT2D eigenvalue weighted by Crippen LogP contribution is 2.21. The minimum atomic E-state index is 0.0306. The molecule has 84 valence electrons. The minimum Gasteiger partial charge on any atom is -0.331 e. The summed E-state index contributed by atoms with van der Waals surface area (Å²) in [5.41, 5.74) is 1.06. The SMILES string of the molecule is Cn1ccnc1-c1nccc(C(C)(C)C)n1. The van der Waals surface area contributed by atoms with E-state index in [9.17, 15) is 0 Å². The van der Waals surface area contributed by atoms with Gasteiger partial charge in [0.05, 0.1) is 0 Å². The molecule has 2 rings (SSSR count). The van der Waals surface area contributed by atoms with E-state index in [0.717, 1.165) is 11.5 Å². The Kier molecular flexibility index (Phi) is 2.50. The number of hydrogen-bond donors (Lipinski definition) is 0. The van der Waals surface area contributed by atoms with Crippen LogP contribution in [0.2, 0.25) is 0 Å². The highest BCUT2D eigenvalue weighted by atomic mass is 15.1. The van der Waals surface area contributed by atoms with Gasteiger partial charge in [0.15, 0.2) is 11.6 Å². The van der Waals surface area contributed by atoms with Gasteiger partial charge in [-0.15, -0.1) is 0 Å². The Morgan fingerprint density at radius 3 is 2.44 bits per heavy atom. The van der Waals surface area contributed by atoms with Crippen LogP contribution >= 0.6 is 0 Å². The number of hydrogen-bond acceptors (Lipinski definition) is 3. The predicted octanol–water partition coefficient (Wildman–Crippen LogP) is 2.17. The maximum absolute atomic E-state index is 4.55. The molecule has 0 aliphatic rings. The van der Waals surface area contributed by atoms with Crippen molar-refractivity contribution >= 4 is 0 Å². The second-order valence-electron chi connectivity index (χ2n) is 4.88. The van der Waals surface area contributed by atoms with Gasteiger partial charge in [-0.1, -0.05) is 20.8 Å². The summed E-state index contributed by atoms with van der Waals surface area (Å²) in [6.07, 6.45) is 5.43. The van der Waals surface area contributed by atoms with E-state index in [-0.39, 0.29) is 5.41 Å². The first-order chi connectivity index (χ1) is 7.48. The molecule has 0 radical (unpaired) electrons. The lowest BCUT2D eigenvalue weighted by molar-refractivity contribution is 0.567. The van der Waals surface area contributed by atoms with E-state index in [0.29, 0.717) is 5.82 Å². The molecule has 0 aliphatic heterocycles. The topological polar surface area (TPSA) is 43.6 Å². The van der Waals surface area contributed by atoms with Crippen molar-refractivity contribution in [3.8, 4) is 11.6 Å². The number of aryl methyl sites for hydroxylation is 1. The molecule has 0 aromatic carbocycles. The zero-order valence-corrected chi connectivity index (χ0v) is 10.1. The smallest absolute Gasteiger partial charge is 0.196 e. The van der Waals surface area contributed by atoms with Gasteiger partial charge in [-0.25, -0.2) is 15.0 Å². The van der Waals surface area contributed by atoms with E-state index >= 15 is 0 Å². The van der Waals surface area contributed by atoms with E-state index in [2.05, 4.69) is 35.7 Å². The van der Waals surface area contributed by atoms with Crippen LogP contribution in [-0.2, 0) is 12.5 Å². The highest BCUT2D eigenvalue weighted by molar-refractivity contribution is 5.43. The third-order valence-corrected chi connectivity index (χ3v) is 2.45. The maximum atomic E-state index is 4.55. The molecule has 4 heteroatoms. The van der Waals surface area contributed by atoms with Crippen LogP contribution in [0.3, 0.4) is 0 Å². The summed E-state index contributed by atoms with van der Waals surface area (Å²) in [5.74, 6) is 1.48. The number of imidazole rings is 1. The molecule has 0 fully saturated rings. The van der Waals surface area contributed by atoms with Crippen molar-refractivity contribution in [2.75, 3.05) is 0 Å². The molecular weight excluding hydrogens is 200 g/mol. The van der Waals surface area contributed by atoms with Crippen molar-refractivity contribution in [3.63, 3.8) is 0 Å². The summed E-state index contributed by atoms with van der Waals surface area (Å²) in [6, 6.07) is 1.95. The van der Waals surface area contributed by atoms with E-state index in [4.69, 9.17) is 0 Å². The first-order valence-electron chi connectivity index (χ1n) is 5.30. The molecule has 0 aliphatic carbocycles. The van der Waals surface area contributed by atoms with E-state index in [1.54, 1.807) is 12.4 Å². The highest BCUT2D eigenvalue weighted by Gasteiger charge is 2.17. The van der Waals surface area contributed by atoms with Gasteiger partial charge >= 0.3 is 0 Å². The zero-order chi connectivity index (χ0) is 11.8. The molecule has 2 heterocycles. The fraction of sp³-hybridized carbons (Fsp3) is 0.417.